The van der Waals surface area contributed by atoms with Crippen LogP contribution in [0.25, 0.3) is 10.6 Å². The minimum Gasteiger partial charge on any atom is -0.497 e. The molecule has 1 amide bonds. The van der Waals surface area contributed by atoms with E-state index < -0.39 is 0 Å². The second-order valence-corrected chi connectivity index (χ2v) is 6.85. The Bertz CT molecular complexity index is 855. The van der Waals surface area contributed by atoms with Gasteiger partial charge in [-0.15, -0.1) is 10.2 Å². The zero-order valence-electron chi connectivity index (χ0n) is 14.3. The number of benzene rings is 2. The number of amides is 1. The SMILES string of the molecule is COc1ccc(C(=O)Nc2nnc(-c3ccc(C(C)C)cc3)s2)cc1. The first kappa shape index (κ1) is 17.1. The summed E-state index contributed by atoms with van der Waals surface area (Å²) in [7, 11) is 1.59. The molecule has 1 N–H and O–H groups in total. The molecule has 0 atom stereocenters. The number of hydrogen-bond acceptors (Lipinski definition) is 5. The van der Waals surface area contributed by atoms with E-state index in [1.807, 2.05) is 12.1 Å². The molecule has 0 bridgehead atoms. The van der Waals surface area contributed by atoms with Gasteiger partial charge in [-0.1, -0.05) is 49.4 Å². The van der Waals surface area contributed by atoms with Crippen molar-refractivity contribution in [3.8, 4) is 16.3 Å². The molecule has 0 spiro atoms. The summed E-state index contributed by atoms with van der Waals surface area (Å²) in [6.07, 6.45) is 0. The van der Waals surface area contributed by atoms with Gasteiger partial charge in [0.2, 0.25) is 5.13 Å². The van der Waals surface area contributed by atoms with Gasteiger partial charge in [0.25, 0.3) is 5.91 Å². The highest BCUT2D eigenvalue weighted by Crippen LogP contribution is 2.28. The average Bonchev–Trinajstić information content (AvgIpc) is 3.10. The number of anilines is 1. The van der Waals surface area contributed by atoms with Gasteiger partial charge < -0.3 is 4.74 Å². The van der Waals surface area contributed by atoms with Crippen LogP contribution < -0.4 is 10.1 Å². The van der Waals surface area contributed by atoms with E-state index in [9.17, 15) is 4.79 Å². The van der Waals surface area contributed by atoms with Gasteiger partial charge >= 0.3 is 0 Å². The average molecular weight is 353 g/mol. The summed E-state index contributed by atoms with van der Waals surface area (Å²) in [5.41, 5.74) is 2.81. The van der Waals surface area contributed by atoms with Crippen LogP contribution in [0.2, 0.25) is 0 Å². The standard InChI is InChI=1S/C19H19N3O2S/c1-12(2)13-4-6-15(7-5-13)18-21-22-19(25-18)20-17(23)14-8-10-16(24-3)11-9-14/h4-12H,1-3H3,(H,20,22,23). The molecule has 0 aliphatic carbocycles. The van der Waals surface area contributed by atoms with E-state index in [1.165, 1.54) is 16.9 Å². The Hall–Kier alpha value is -2.73. The Morgan fingerprint density at radius 1 is 1.04 bits per heavy atom. The molecular weight excluding hydrogens is 334 g/mol. The van der Waals surface area contributed by atoms with Gasteiger partial charge in [-0.25, -0.2) is 0 Å². The molecule has 0 aliphatic heterocycles. The van der Waals surface area contributed by atoms with Crippen LogP contribution in [-0.2, 0) is 0 Å². The van der Waals surface area contributed by atoms with Crippen LogP contribution in [0.1, 0.15) is 35.7 Å². The number of nitrogens with one attached hydrogen (secondary N) is 1. The summed E-state index contributed by atoms with van der Waals surface area (Å²) in [4.78, 5) is 12.3. The first-order valence-corrected chi connectivity index (χ1v) is 8.77. The van der Waals surface area contributed by atoms with Gasteiger partial charge in [-0.05, 0) is 35.7 Å². The minimum absolute atomic E-state index is 0.222. The van der Waals surface area contributed by atoms with E-state index >= 15 is 0 Å². The highest BCUT2D eigenvalue weighted by Gasteiger charge is 2.12. The van der Waals surface area contributed by atoms with Crippen molar-refractivity contribution < 1.29 is 9.53 Å². The lowest BCUT2D eigenvalue weighted by Gasteiger charge is -2.05. The summed E-state index contributed by atoms with van der Waals surface area (Å²) < 4.78 is 5.09. The van der Waals surface area contributed by atoms with Crippen LogP contribution in [0.4, 0.5) is 5.13 Å². The molecule has 6 heteroatoms. The van der Waals surface area contributed by atoms with E-state index in [2.05, 4.69) is 41.5 Å². The van der Waals surface area contributed by atoms with Crippen molar-refractivity contribution in [1.29, 1.82) is 0 Å². The van der Waals surface area contributed by atoms with Gasteiger partial charge in [0.15, 0.2) is 0 Å². The van der Waals surface area contributed by atoms with Gasteiger partial charge in [-0.2, -0.15) is 0 Å². The van der Waals surface area contributed by atoms with E-state index in [4.69, 9.17) is 4.74 Å². The fourth-order valence-corrected chi connectivity index (χ4v) is 3.06. The molecule has 3 rings (SSSR count). The van der Waals surface area contributed by atoms with Gasteiger partial charge in [-0.3, -0.25) is 10.1 Å². The topological polar surface area (TPSA) is 64.1 Å². The lowest BCUT2D eigenvalue weighted by Crippen LogP contribution is -2.11. The number of rotatable bonds is 5. The molecule has 128 valence electrons. The number of aromatic nitrogens is 2. The fourth-order valence-electron chi connectivity index (χ4n) is 2.31. The van der Waals surface area contributed by atoms with Crippen molar-refractivity contribution in [3.63, 3.8) is 0 Å². The highest BCUT2D eigenvalue weighted by atomic mass is 32.1. The van der Waals surface area contributed by atoms with Gasteiger partial charge in [0, 0.05) is 11.1 Å². The number of ether oxygens (including phenoxy) is 1. The van der Waals surface area contributed by atoms with E-state index in [0.29, 0.717) is 22.4 Å². The number of nitrogens with zero attached hydrogens (tertiary/aromatic N) is 2. The number of carbonyl (C=O) groups is 1. The minimum atomic E-state index is -0.222. The molecule has 0 saturated heterocycles. The lowest BCUT2D eigenvalue weighted by molar-refractivity contribution is 0.102. The Labute approximate surface area is 150 Å². The smallest absolute Gasteiger partial charge is 0.257 e. The summed E-state index contributed by atoms with van der Waals surface area (Å²) in [6, 6.07) is 15.2. The Kier molecular flexibility index (Phi) is 5.09. The number of hydrogen-bond donors (Lipinski definition) is 1. The maximum atomic E-state index is 12.3. The first-order chi connectivity index (χ1) is 12.1. The predicted molar refractivity (Wildman–Crippen MR) is 100 cm³/mol. The normalized spacial score (nSPS) is 10.7. The van der Waals surface area contributed by atoms with Crippen molar-refractivity contribution in [2.75, 3.05) is 12.4 Å². The quantitative estimate of drug-likeness (QED) is 0.729. The second kappa shape index (κ2) is 7.44. The summed E-state index contributed by atoms with van der Waals surface area (Å²) >= 11 is 1.35. The molecule has 0 saturated carbocycles. The van der Waals surface area contributed by atoms with Crippen LogP contribution in [-0.4, -0.2) is 23.2 Å². The van der Waals surface area contributed by atoms with E-state index in [0.717, 1.165) is 10.6 Å². The van der Waals surface area contributed by atoms with Crippen molar-refractivity contribution in [3.05, 3.63) is 59.7 Å². The van der Waals surface area contributed by atoms with Crippen LogP contribution >= 0.6 is 11.3 Å². The van der Waals surface area contributed by atoms with Crippen LogP contribution in [0.15, 0.2) is 48.5 Å². The Balaban J connectivity index is 1.71. The zero-order chi connectivity index (χ0) is 17.8. The second-order valence-electron chi connectivity index (χ2n) is 5.87. The van der Waals surface area contributed by atoms with Gasteiger partial charge in [0.05, 0.1) is 7.11 Å². The lowest BCUT2D eigenvalue weighted by atomic mass is 10.0. The molecule has 0 aliphatic rings. The summed E-state index contributed by atoms with van der Waals surface area (Å²) in [5.74, 6) is 0.975. The maximum Gasteiger partial charge on any atom is 0.257 e. The number of carbonyl (C=O) groups excluding carboxylic acids is 1. The maximum absolute atomic E-state index is 12.3. The van der Waals surface area contributed by atoms with Crippen LogP contribution in [0.5, 0.6) is 5.75 Å². The fraction of sp³-hybridized carbons (Fsp3) is 0.211. The predicted octanol–water partition coefficient (Wildman–Crippen LogP) is 4.59. The molecule has 3 aromatic rings. The molecule has 25 heavy (non-hydrogen) atoms. The molecule has 0 radical (unpaired) electrons. The number of methoxy groups -OCH3 is 1. The van der Waals surface area contributed by atoms with E-state index in [-0.39, 0.29) is 5.91 Å². The van der Waals surface area contributed by atoms with Crippen LogP contribution in [0.3, 0.4) is 0 Å². The Morgan fingerprint density at radius 3 is 2.32 bits per heavy atom. The third-order valence-corrected chi connectivity index (χ3v) is 4.71. The molecule has 0 fully saturated rings. The Morgan fingerprint density at radius 2 is 1.72 bits per heavy atom. The van der Waals surface area contributed by atoms with Gasteiger partial charge in [0.1, 0.15) is 10.8 Å². The third kappa shape index (κ3) is 4.03. The molecule has 0 unspecified atom stereocenters. The molecule has 5 nitrogen and oxygen atoms in total. The largest absolute Gasteiger partial charge is 0.497 e. The summed E-state index contributed by atoms with van der Waals surface area (Å²) in [5, 5.41) is 12.3. The highest BCUT2D eigenvalue weighted by molar-refractivity contribution is 7.18. The molecule has 1 heterocycles. The zero-order valence-corrected chi connectivity index (χ0v) is 15.1. The molecule has 1 aromatic heterocycles. The molecule has 2 aromatic carbocycles. The van der Waals surface area contributed by atoms with Crippen molar-refractivity contribution in [2.24, 2.45) is 0 Å². The van der Waals surface area contributed by atoms with Crippen LogP contribution in [0, 0.1) is 0 Å². The van der Waals surface area contributed by atoms with Crippen molar-refractivity contribution >= 4 is 22.4 Å². The summed E-state index contributed by atoms with van der Waals surface area (Å²) in [6.45, 7) is 4.32. The molecular formula is C19H19N3O2S. The first-order valence-electron chi connectivity index (χ1n) is 7.96. The van der Waals surface area contributed by atoms with Crippen molar-refractivity contribution in [1.82, 2.24) is 10.2 Å². The van der Waals surface area contributed by atoms with Crippen molar-refractivity contribution in [2.45, 2.75) is 19.8 Å². The van der Waals surface area contributed by atoms with E-state index in [1.54, 1.807) is 31.4 Å². The monoisotopic (exact) mass is 353 g/mol. The third-order valence-electron chi connectivity index (χ3n) is 3.82.